The molecule has 0 unspecified atom stereocenters. The number of carboxylic acid groups (broad SMARTS) is 1. The standard InChI is InChI=1S/C11H11FO3/c12-9-5-1-2-6-10(9)15-8-4-3-7-11(13)14/h1-6H,7-8H2,(H,13,14)/b4-3+. The van der Waals surface area contributed by atoms with E-state index >= 15 is 0 Å². The molecule has 1 aromatic carbocycles. The van der Waals surface area contributed by atoms with E-state index in [9.17, 15) is 9.18 Å². The first-order chi connectivity index (χ1) is 7.20. The third-order valence-corrected chi connectivity index (χ3v) is 1.63. The second-order valence-corrected chi connectivity index (χ2v) is 2.81. The summed E-state index contributed by atoms with van der Waals surface area (Å²) in [6, 6.07) is 6.05. The molecule has 0 aliphatic carbocycles. The molecule has 15 heavy (non-hydrogen) atoms. The molecule has 1 aromatic rings. The van der Waals surface area contributed by atoms with Gasteiger partial charge < -0.3 is 9.84 Å². The van der Waals surface area contributed by atoms with E-state index in [-0.39, 0.29) is 18.8 Å². The van der Waals surface area contributed by atoms with E-state index < -0.39 is 11.8 Å². The number of benzene rings is 1. The number of rotatable bonds is 5. The normalized spacial score (nSPS) is 10.5. The van der Waals surface area contributed by atoms with Crippen molar-refractivity contribution in [1.29, 1.82) is 0 Å². The van der Waals surface area contributed by atoms with E-state index in [4.69, 9.17) is 9.84 Å². The van der Waals surface area contributed by atoms with Crippen LogP contribution in [0.3, 0.4) is 0 Å². The highest BCUT2D eigenvalue weighted by molar-refractivity contribution is 5.68. The topological polar surface area (TPSA) is 46.5 Å². The van der Waals surface area contributed by atoms with E-state index in [0.717, 1.165) is 0 Å². The molecule has 0 aliphatic heterocycles. The molecule has 4 heteroatoms. The van der Waals surface area contributed by atoms with Gasteiger partial charge in [-0.3, -0.25) is 4.79 Å². The molecule has 0 bridgehead atoms. The number of hydrogen-bond acceptors (Lipinski definition) is 2. The van der Waals surface area contributed by atoms with Crippen molar-refractivity contribution in [3.63, 3.8) is 0 Å². The SMILES string of the molecule is O=C(O)C/C=C/COc1ccccc1F. The minimum absolute atomic E-state index is 0.0549. The van der Waals surface area contributed by atoms with Gasteiger partial charge in [0.1, 0.15) is 6.61 Å². The molecule has 0 saturated heterocycles. The van der Waals surface area contributed by atoms with Crippen molar-refractivity contribution in [2.45, 2.75) is 6.42 Å². The van der Waals surface area contributed by atoms with Crippen LogP contribution in [0, 0.1) is 5.82 Å². The van der Waals surface area contributed by atoms with Crippen LogP contribution in [-0.4, -0.2) is 17.7 Å². The maximum Gasteiger partial charge on any atom is 0.307 e. The van der Waals surface area contributed by atoms with Crippen molar-refractivity contribution in [2.75, 3.05) is 6.61 Å². The predicted octanol–water partition coefficient (Wildman–Crippen LogP) is 2.24. The molecule has 0 radical (unpaired) electrons. The number of ether oxygens (including phenoxy) is 1. The van der Waals surface area contributed by atoms with Crippen molar-refractivity contribution in [1.82, 2.24) is 0 Å². The fourth-order valence-corrected chi connectivity index (χ4v) is 0.952. The number of aliphatic carboxylic acids is 1. The first-order valence-corrected chi connectivity index (χ1v) is 4.44. The van der Waals surface area contributed by atoms with Gasteiger partial charge in [-0.2, -0.15) is 0 Å². The smallest absolute Gasteiger partial charge is 0.307 e. The van der Waals surface area contributed by atoms with E-state index in [1.165, 1.54) is 18.2 Å². The summed E-state index contributed by atoms with van der Waals surface area (Å²) < 4.78 is 18.0. The molecule has 0 heterocycles. The average Bonchev–Trinajstić information content (AvgIpc) is 2.20. The van der Waals surface area contributed by atoms with E-state index in [1.54, 1.807) is 18.2 Å². The Morgan fingerprint density at radius 2 is 2.13 bits per heavy atom. The van der Waals surface area contributed by atoms with Gasteiger partial charge in [0.2, 0.25) is 0 Å². The van der Waals surface area contributed by atoms with Crippen LogP contribution in [0.25, 0.3) is 0 Å². The molecule has 0 spiro atoms. The lowest BCUT2D eigenvalue weighted by atomic mass is 10.3. The highest BCUT2D eigenvalue weighted by atomic mass is 19.1. The lowest BCUT2D eigenvalue weighted by Crippen LogP contribution is -1.96. The number of carboxylic acids is 1. The molecule has 0 amide bonds. The minimum atomic E-state index is -0.905. The van der Waals surface area contributed by atoms with Gasteiger partial charge in [0.15, 0.2) is 11.6 Å². The van der Waals surface area contributed by atoms with Crippen LogP contribution in [-0.2, 0) is 4.79 Å². The first kappa shape index (κ1) is 11.2. The van der Waals surface area contributed by atoms with Crippen molar-refractivity contribution < 1.29 is 19.0 Å². The third kappa shape index (κ3) is 4.26. The quantitative estimate of drug-likeness (QED) is 0.758. The Bertz CT molecular complexity index is 361. The van der Waals surface area contributed by atoms with Gasteiger partial charge in [-0.15, -0.1) is 0 Å². The van der Waals surface area contributed by atoms with Crippen LogP contribution in [0.5, 0.6) is 5.75 Å². The number of carbonyl (C=O) groups is 1. The van der Waals surface area contributed by atoms with E-state index in [1.807, 2.05) is 0 Å². The summed E-state index contributed by atoms with van der Waals surface area (Å²) in [5.41, 5.74) is 0. The number of hydrogen-bond donors (Lipinski definition) is 1. The third-order valence-electron chi connectivity index (χ3n) is 1.63. The van der Waals surface area contributed by atoms with Crippen molar-refractivity contribution in [2.24, 2.45) is 0 Å². The van der Waals surface area contributed by atoms with Crippen LogP contribution < -0.4 is 4.74 Å². The van der Waals surface area contributed by atoms with Crippen LogP contribution in [0.4, 0.5) is 4.39 Å². The van der Waals surface area contributed by atoms with Crippen LogP contribution in [0.2, 0.25) is 0 Å². The first-order valence-electron chi connectivity index (χ1n) is 4.44. The molecule has 0 aliphatic rings. The molecular formula is C11H11FO3. The number of halogens is 1. The summed E-state index contributed by atoms with van der Waals surface area (Å²) >= 11 is 0. The van der Waals surface area contributed by atoms with E-state index in [0.29, 0.717) is 0 Å². The summed E-state index contributed by atoms with van der Waals surface area (Å²) in [5, 5.41) is 8.32. The maximum atomic E-state index is 13.0. The summed E-state index contributed by atoms with van der Waals surface area (Å²) in [7, 11) is 0. The molecule has 0 aromatic heterocycles. The predicted molar refractivity (Wildman–Crippen MR) is 53.3 cm³/mol. The lowest BCUT2D eigenvalue weighted by Gasteiger charge is -2.02. The second-order valence-electron chi connectivity index (χ2n) is 2.81. The fraction of sp³-hybridized carbons (Fsp3) is 0.182. The molecule has 80 valence electrons. The highest BCUT2D eigenvalue weighted by Gasteiger charge is 1.98. The highest BCUT2D eigenvalue weighted by Crippen LogP contribution is 2.14. The van der Waals surface area contributed by atoms with Crippen LogP contribution >= 0.6 is 0 Å². The molecule has 1 rings (SSSR count). The van der Waals surface area contributed by atoms with E-state index in [2.05, 4.69) is 0 Å². The zero-order valence-electron chi connectivity index (χ0n) is 8.02. The largest absolute Gasteiger partial charge is 0.486 e. The maximum absolute atomic E-state index is 13.0. The van der Waals surface area contributed by atoms with Crippen molar-refractivity contribution >= 4 is 5.97 Å². The summed E-state index contributed by atoms with van der Waals surface area (Å²) in [6.45, 7) is 0.161. The van der Waals surface area contributed by atoms with Gasteiger partial charge in [0.05, 0.1) is 6.42 Å². The molecule has 0 saturated carbocycles. The summed E-state index contributed by atoms with van der Waals surface area (Å²) in [4.78, 5) is 10.1. The summed E-state index contributed by atoms with van der Waals surface area (Å²) in [5.74, 6) is -1.17. The monoisotopic (exact) mass is 210 g/mol. The Labute approximate surface area is 86.8 Å². The molecule has 0 atom stereocenters. The average molecular weight is 210 g/mol. The van der Waals surface area contributed by atoms with Crippen LogP contribution in [0.1, 0.15) is 6.42 Å². The van der Waals surface area contributed by atoms with Crippen LogP contribution in [0.15, 0.2) is 36.4 Å². The van der Waals surface area contributed by atoms with Gasteiger partial charge in [0.25, 0.3) is 0 Å². The zero-order chi connectivity index (χ0) is 11.1. The lowest BCUT2D eigenvalue weighted by molar-refractivity contribution is -0.136. The van der Waals surface area contributed by atoms with Gasteiger partial charge in [-0.1, -0.05) is 24.3 Å². The number of para-hydroxylation sites is 1. The Balaban J connectivity index is 2.35. The van der Waals surface area contributed by atoms with Gasteiger partial charge in [-0.25, -0.2) is 4.39 Å². The zero-order valence-corrected chi connectivity index (χ0v) is 8.02. The Morgan fingerprint density at radius 3 is 2.80 bits per heavy atom. The second kappa shape index (κ2) is 5.80. The molecular weight excluding hydrogens is 199 g/mol. The Morgan fingerprint density at radius 1 is 1.40 bits per heavy atom. The molecule has 0 fully saturated rings. The minimum Gasteiger partial charge on any atom is -0.486 e. The Hall–Kier alpha value is -1.84. The van der Waals surface area contributed by atoms with Gasteiger partial charge in [0, 0.05) is 0 Å². The van der Waals surface area contributed by atoms with Crippen molar-refractivity contribution in [3.05, 3.63) is 42.2 Å². The van der Waals surface area contributed by atoms with Crippen molar-refractivity contribution in [3.8, 4) is 5.75 Å². The molecule has 3 nitrogen and oxygen atoms in total. The summed E-state index contributed by atoms with van der Waals surface area (Å²) in [6.07, 6.45) is 2.95. The van der Waals surface area contributed by atoms with Gasteiger partial charge in [-0.05, 0) is 12.1 Å². The Kier molecular flexibility index (Phi) is 4.34. The molecule has 1 N–H and O–H groups in total. The fourth-order valence-electron chi connectivity index (χ4n) is 0.952. The van der Waals surface area contributed by atoms with Gasteiger partial charge >= 0.3 is 5.97 Å².